The average Bonchev–Trinajstić information content (AvgIpc) is 2.74. The second-order valence-corrected chi connectivity index (χ2v) is 4.86. The van der Waals surface area contributed by atoms with Crippen molar-refractivity contribution in [3.8, 4) is 0 Å². The molecule has 0 saturated carbocycles. The molecule has 3 rings (SSSR count). The van der Waals surface area contributed by atoms with Crippen molar-refractivity contribution in [1.29, 1.82) is 0 Å². The first-order valence-electron chi connectivity index (χ1n) is 6.41. The number of hydrogen-bond acceptors (Lipinski definition) is 5. The lowest BCUT2D eigenvalue weighted by Crippen LogP contribution is -2.45. The third-order valence-electron chi connectivity index (χ3n) is 3.49. The number of hydrogen-bond donors (Lipinski definition) is 0. The number of nitrogens with zero attached hydrogens (tertiary/aromatic N) is 1. The molecule has 1 aromatic rings. The SMILES string of the molecule is COC(=O)[C@H]1O[C@H]2CN(Cc3ccccc3)C[C@@H]1O2. The molecule has 2 heterocycles. The van der Waals surface area contributed by atoms with Gasteiger partial charge in [0, 0.05) is 13.1 Å². The fourth-order valence-corrected chi connectivity index (χ4v) is 2.61. The van der Waals surface area contributed by atoms with Crippen LogP contribution in [0.15, 0.2) is 30.3 Å². The first-order chi connectivity index (χ1) is 9.26. The normalized spacial score (nSPS) is 30.3. The van der Waals surface area contributed by atoms with E-state index in [1.54, 1.807) is 0 Å². The molecule has 1 aromatic carbocycles. The molecule has 0 amide bonds. The van der Waals surface area contributed by atoms with Gasteiger partial charge in [-0.3, -0.25) is 4.90 Å². The Hall–Kier alpha value is -1.43. The molecule has 5 nitrogen and oxygen atoms in total. The van der Waals surface area contributed by atoms with Crippen LogP contribution in [0.5, 0.6) is 0 Å². The minimum atomic E-state index is -0.587. The standard InChI is InChI=1S/C14H17NO4/c1-17-14(16)13-11-8-15(9-12(18-11)19-13)7-10-5-3-2-4-6-10/h2-6,11-13H,7-9H2,1H3/t11-,12-,13-/m0/s1. The highest BCUT2D eigenvalue weighted by Crippen LogP contribution is 2.27. The van der Waals surface area contributed by atoms with Crippen LogP contribution in [0.2, 0.25) is 0 Å². The molecule has 2 aliphatic heterocycles. The van der Waals surface area contributed by atoms with Gasteiger partial charge in [-0.1, -0.05) is 30.3 Å². The molecule has 2 aliphatic rings. The number of ether oxygens (including phenoxy) is 3. The lowest BCUT2D eigenvalue weighted by molar-refractivity contribution is -0.154. The minimum absolute atomic E-state index is 0.227. The maximum atomic E-state index is 11.6. The number of morpholine rings is 1. The van der Waals surface area contributed by atoms with Gasteiger partial charge < -0.3 is 14.2 Å². The molecule has 0 N–H and O–H groups in total. The van der Waals surface area contributed by atoms with Gasteiger partial charge >= 0.3 is 5.97 Å². The zero-order valence-electron chi connectivity index (χ0n) is 10.8. The van der Waals surface area contributed by atoms with Crippen LogP contribution >= 0.6 is 0 Å². The van der Waals surface area contributed by atoms with Crippen LogP contribution in [0.3, 0.4) is 0 Å². The number of fused-ring (bicyclic) bond motifs is 2. The Kier molecular flexibility index (Phi) is 3.50. The van der Waals surface area contributed by atoms with Gasteiger partial charge in [-0.25, -0.2) is 4.79 Å². The largest absolute Gasteiger partial charge is 0.467 e. The molecule has 0 spiro atoms. The van der Waals surface area contributed by atoms with E-state index in [0.717, 1.165) is 6.54 Å². The highest BCUT2D eigenvalue weighted by Gasteiger charge is 2.46. The van der Waals surface area contributed by atoms with E-state index in [4.69, 9.17) is 14.2 Å². The molecule has 0 radical (unpaired) electrons. The molecule has 2 fully saturated rings. The lowest BCUT2D eigenvalue weighted by atomic mass is 10.1. The molecule has 102 valence electrons. The van der Waals surface area contributed by atoms with Gasteiger partial charge in [0.25, 0.3) is 0 Å². The smallest absolute Gasteiger partial charge is 0.337 e. The Labute approximate surface area is 112 Å². The summed E-state index contributed by atoms with van der Waals surface area (Å²) in [6, 6.07) is 10.2. The van der Waals surface area contributed by atoms with Crippen molar-refractivity contribution in [2.45, 2.75) is 25.0 Å². The van der Waals surface area contributed by atoms with Gasteiger partial charge in [-0.05, 0) is 5.56 Å². The van der Waals surface area contributed by atoms with Crippen LogP contribution in [0, 0.1) is 0 Å². The summed E-state index contributed by atoms with van der Waals surface area (Å²) in [6.07, 6.45) is -1.14. The highest BCUT2D eigenvalue weighted by molar-refractivity contribution is 5.75. The zero-order chi connectivity index (χ0) is 13.2. The number of benzene rings is 1. The minimum Gasteiger partial charge on any atom is -0.467 e. The predicted octanol–water partition coefficient (Wildman–Crippen LogP) is 0.785. The quantitative estimate of drug-likeness (QED) is 0.754. The Morgan fingerprint density at radius 1 is 1.32 bits per heavy atom. The number of carbonyl (C=O) groups is 1. The number of methoxy groups -OCH3 is 1. The summed E-state index contributed by atoms with van der Waals surface area (Å²) in [7, 11) is 1.37. The second-order valence-electron chi connectivity index (χ2n) is 4.86. The van der Waals surface area contributed by atoms with Gasteiger partial charge in [-0.15, -0.1) is 0 Å². The number of carbonyl (C=O) groups excluding carboxylic acids is 1. The summed E-state index contributed by atoms with van der Waals surface area (Å²) < 4.78 is 15.9. The zero-order valence-corrected chi connectivity index (χ0v) is 10.8. The molecule has 0 aromatic heterocycles. The maximum absolute atomic E-state index is 11.6. The van der Waals surface area contributed by atoms with Gasteiger partial charge in [0.1, 0.15) is 6.10 Å². The van der Waals surface area contributed by atoms with Crippen molar-refractivity contribution in [3.05, 3.63) is 35.9 Å². The lowest BCUT2D eigenvalue weighted by Gasteiger charge is -2.30. The summed E-state index contributed by atoms with van der Waals surface area (Å²) in [5.41, 5.74) is 1.25. The summed E-state index contributed by atoms with van der Waals surface area (Å²) in [5.74, 6) is -0.353. The van der Waals surface area contributed by atoms with Gasteiger partial charge in [0.05, 0.1) is 13.7 Å². The van der Waals surface area contributed by atoms with Crippen LogP contribution in [-0.2, 0) is 25.5 Å². The number of esters is 1. The molecule has 5 heteroatoms. The molecule has 0 aliphatic carbocycles. The van der Waals surface area contributed by atoms with E-state index in [1.807, 2.05) is 18.2 Å². The first-order valence-corrected chi connectivity index (χ1v) is 6.41. The summed E-state index contributed by atoms with van der Waals surface area (Å²) in [4.78, 5) is 13.8. The summed E-state index contributed by atoms with van der Waals surface area (Å²) in [5, 5.41) is 0. The fourth-order valence-electron chi connectivity index (χ4n) is 2.61. The van der Waals surface area contributed by atoms with E-state index >= 15 is 0 Å². The summed E-state index contributed by atoms with van der Waals surface area (Å²) >= 11 is 0. The van der Waals surface area contributed by atoms with E-state index < -0.39 is 6.10 Å². The van der Waals surface area contributed by atoms with Crippen molar-refractivity contribution < 1.29 is 19.0 Å². The Morgan fingerprint density at radius 2 is 2.11 bits per heavy atom. The molecule has 3 atom stereocenters. The van der Waals surface area contributed by atoms with Crippen LogP contribution in [0.25, 0.3) is 0 Å². The average molecular weight is 263 g/mol. The van der Waals surface area contributed by atoms with Crippen molar-refractivity contribution in [2.24, 2.45) is 0 Å². The Morgan fingerprint density at radius 3 is 2.84 bits per heavy atom. The highest BCUT2D eigenvalue weighted by atomic mass is 16.7. The Balaban J connectivity index is 1.64. The van der Waals surface area contributed by atoms with Gasteiger partial charge in [0.15, 0.2) is 12.4 Å². The van der Waals surface area contributed by atoms with E-state index in [0.29, 0.717) is 13.1 Å². The fraction of sp³-hybridized carbons (Fsp3) is 0.500. The first kappa shape index (κ1) is 12.6. The van der Waals surface area contributed by atoms with Crippen LogP contribution in [0.1, 0.15) is 5.56 Å². The third kappa shape index (κ3) is 2.63. The molecular formula is C14H17NO4. The van der Waals surface area contributed by atoms with E-state index in [9.17, 15) is 4.79 Å². The van der Waals surface area contributed by atoms with E-state index in [2.05, 4.69) is 17.0 Å². The predicted molar refractivity (Wildman–Crippen MR) is 67.3 cm³/mol. The van der Waals surface area contributed by atoms with Crippen molar-refractivity contribution in [2.75, 3.05) is 20.2 Å². The summed E-state index contributed by atoms with van der Waals surface area (Å²) in [6.45, 7) is 2.21. The van der Waals surface area contributed by atoms with Gasteiger partial charge in [0.2, 0.25) is 0 Å². The van der Waals surface area contributed by atoms with E-state index in [1.165, 1.54) is 12.7 Å². The number of rotatable bonds is 3. The van der Waals surface area contributed by atoms with Crippen LogP contribution < -0.4 is 0 Å². The third-order valence-corrected chi connectivity index (χ3v) is 3.49. The van der Waals surface area contributed by atoms with E-state index in [-0.39, 0.29) is 18.4 Å². The second kappa shape index (κ2) is 5.28. The maximum Gasteiger partial charge on any atom is 0.337 e. The van der Waals surface area contributed by atoms with Gasteiger partial charge in [-0.2, -0.15) is 0 Å². The van der Waals surface area contributed by atoms with Crippen molar-refractivity contribution in [1.82, 2.24) is 4.90 Å². The molecule has 19 heavy (non-hydrogen) atoms. The monoisotopic (exact) mass is 263 g/mol. The van der Waals surface area contributed by atoms with Crippen LogP contribution in [-0.4, -0.2) is 49.6 Å². The topological polar surface area (TPSA) is 48.0 Å². The molecule has 0 unspecified atom stereocenters. The Bertz CT molecular complexity index is 450. The van der Waals surface area contributed by atoms with Crippen LogP contribution in [0.4, 0.5) is 0 Å². The molecular weight excluding hydrogens is 246 g/mol. The van der Waals surface area contributed by atoms with Crippen molar-refractivity contribution in [3.63, 3.8) is 0 Å². The molecule has 2 bridgehead atoms. The molecule has 2 saturated heterocycles. The van der Waals surface area contributed by atoms with Crippen molar-refractivity contribution >= 4 is 5.97 Å².